The van der Waals surface area contributed by atoms with E-state index >= 15 is 0 Å². The van der Waals surface area contributed by atoms with Crippen molar-refractivity contribution in [3.05, 3.63) is 103 Å². The Kier molecular flexibility index (Phi) is 1.31. The predicted molar refractivity (Wildman–Crippen MR) is 89.6 cm³/mol. The van der Waals surface area contributed by atoms with E-state index in [1.54, 1.807) is 66.8 Å². The lowest BCUT2D eigenvalue weighted by molar-refractivity contribution is 0.756. The highest BCUT2D eigenvalue weighted by Crippen LogP contribution is 2.59. The molecule has 0 fully saturated rings. The molecule has 6 aliphatic rings. The van der Waals surface area contributed by atoms with Crippen molar-refractivity contribution in [2.75, 3.05) is 0 Å². The van der Waals surface area contributed by atoms with Gasteiger partial charge in [-0.3, -0.25) is 0 Å². The van der Waals surface area contributed by atoms with Crippen molar-refractivity contribution in [1.29, 1.82) is 0 Å². The normalized spacial score (nSPS) is 24.0. The van der Waals surface area contributed by atoms with Gasteiger partial charge >= 0.3 is 0 Å². The van der Waals surface area contributed by atoms with Gasteiger partial charge in [0.05, 0.1) is 0 Å². The molecule has 0 saturated heterocycles. The summed E-state index contributed by atoms with van der Waals surface area (Å²) in [6.45, 7) is 0. The standard InChI is InChI=1S/C23H14/c1-10-4-16-17(5-11(1)10)23-19-7-13-2-12(13)6-18(19)22(16)20-8-14-3-15(14)9-21(20)23/h4-9,22-23H,1-3H2. The lowest BCUT2D eigenvalue weighted by Gasteiger charge is -2.41. The van der Waals surface area contributed by atoms with Gasteiger partial charge in [-0.15, -0.1) is 0 Å². The number of fused-ring (bicyclic) bond motifs is 3. The van der Waals surface area contributed by atoms with Crippen LogP contribution >= 0.6 is 0 Å². The molecular weight excluding hydrogens is 276 g/mol. The minimum atomic E-state index is 0.502. The second-order valence-corrected chi connectivity index (χ2v) is 8.15. The Bertz CT molecular complexity index is 912. The highest BCUT2D eigenvalue weighted by Gasteiger charge is 2.45. The van der Waals surface area contributed by atoms with Gasteiger partial charge < -0.3 is 0 Å². The Balaban J connectivity index is 1.55. The first-order chi connectivity index (χ1) is 11.3. The third kappa shape index (κ3) is 1.07. The van der Waals surface area contributed by atoms with Crippen LogP contribution in [0.2, 0.25) is 0 Å². The van der Waals surface area contributed by atoms with E-state index < -0.39 is 0 Å². The van der Waals surface area contributed by atoms with E-state index in [4.69, 9.17) is 0 Å². The Morgan fingerprint density at radius 2 is 0.609 bits per heavy atom. The molecule has 0 heterocycles. The van der Waals surface area contributed by atoms with Crippen LogP contribution < -0.4 is 0 Å². The van der Waals surface area contributed by atoms with Crippen LogP contribution in [0.25, 0.3) is 0 Å². The summed E-state index contributed by atoms with van der Waals surface area (Å²) in [4.78, 5) is 0. The minimum Gasteiger partial charge on any atom is -0.0539 e. The highest BCUT2D eigenvalue weighted by atomic mass is 14.5. The minimum absolute atomic E-state index is 0.502. The molecule has 0 amide bonds. The molecule has 23 heavy (non-hydrogen) atoms. The summed E-state index contributed by atoms with van der Waals surface area (Å²) in [5.41, 5.74) is 19.3. The van der Waals surface area contributed by atoms with Crippen LogP contribution in [0.4, 0.5) is 0 Å². The van der Waals surface area contributed by atoms with E-state index in [1.165, 1.54) is 19.3 Å². The van der Waals surface area contributed by atoms with Gasteiger partial charge in [0, 0.05) is 11.8 Å². The molecule has 0 N–H and O–H groups in total. The molecule has 3 aromatic rings. The molecule has 0 nitrogen and oxygen atoms in total. The van der Waals surface area contributed by atoms with Crippen molar-refractivity contribution in [2.45, 2.75) is 31.1 Å². The van der Waals surface area contributed by atoms with Crippen molar-refractivity contribution in [2.24, 2.45) is 0 Å². The van der Waals surface area contributed by atoms with Crippen molar-refractivity contribution < 1.29 is 0 Å². The Labute approximate surface area is 134 Å². The highest BCUT2D eigenvalue weighted by molar-refractivity contribution is 5.74. The lowest BCUT2D eigenvalue weighted by Crippen LogP contribution is -2.27. The zero-order valence-corrected chi connectivity index (χ0v) is 12.7. The van der Waals surface area contributed by atoms with Gasteiger partial charge in [0.25, 0.3) is 0 Å². The Morgan fingerprint density at radius 3 is 0.826 bits per heavy atom. The fourth-order valence-corrected chi connectivity index (χ4v) is 5.48. The summed E-state index contributed by atoms with van der Waals surface area (Å²) in [6, 6.07) is 15.2. The van der Waals surface area contributed by atoms with Gasteiger partial charge in [0.2, 0.25) is 0 Å². The molecular formula is C23H14. The maximum atomic E-state index is 2.53. The van der Waals surface area contributed by atoms with Crippen LogP contribution in [-0.4, -0.2) is 0 Å². The van der Waals surface area contributed by atoms with Gasteiger partial charge in [0.1, 0.15) is 0 Å². The van der Waals surface area contributed by atoms with Crippen LogP contribution in [0, 0.1) is 0 Å². The molecule has 0 heteroatoms. The third-order valence-electron chi connectivity index (χ3n) is 6.85. The Morgan fingerprint density at radius 1 is 0.391 bits per heavy atom. The van der Waals surface area contributed by atoms with Crippen LogP contribution in [0.1, 0.15) is 78.6 Å². The summed E-state index contributed by atoms with van der Waals surface area (Å²) in [5.74, 6) is 1.00. The van der Waals surface area contributed by atoms with E-state index in [0.29, 0.717) is 11.8 Å². The first-order valence-electron chi connectivity index (χ1n) is 8.82. The van der Waals surface area contributed by atoms with Gasteiger partial charge in [-0.2, -0.15) is 0 Å². The monoisotopic (exact) mass is 290 g/mol. The quantitative estimate of drug-likeness (QED) is 0.388. The van der Waals surface area contributed by atoms with Gasteiger partial charge in [-0.25, -0.2) is 0 Å². The van der Waals surface area contributed by atoms with Gasteiger partial charge in [-0.1, -0.05) is 36.4 Å². The zero-order chi connectivity index (χ0) is 14.4. The van der Waals surface area contributed by atoms with Crippen LogP contribution in [0.3, 0.4) is 0 Å². The molecule has 0 unspecified atom stereocenters. The second kappa shape index (κ2) is 2.89. The van der Waals surface area contributed by atoms with Crippen molar-refractivity contribution >= 4 is 0 Å². The maximum absolute atomic E-state index is 2.53. The number of benzene rings is 3. The number of rotatable bonds is 0. The van der Waals surface area contributed by atoms with E-state index in [9.17, 15) is 0 Å². The van der Waals surface area contributed by atoms with Crippen molar-refractivity contribution in [3.63, 3.8) is 0 Å². The number of hydrogen-bond acceptors (Lipinski definition) is 0. The SMILES string of the molecule is c1c2c(cc3c1C1c4cc5c(cc4C3c3cc4c(cc31)C4)C5)C2. The molecule has 2 bridgehead atoms. The molecule has 3 aromatic carbocycles. The molecule has 0 saturated carbocycles. The maximum Gasteiger partial charge on any atom is 0.0349 e. The average molecular weight is 290 g/mol. The van der Waals surface area contributed by atoms with Gasteiger partial charge in [-0.05, 0) is 86.0 Å². The number of hydrogen-bond donors (Lipinski definition) is 0. The predicted octanol–water partition coefficient (Wildman–Crippen LogP) is 4.39. The summed E-state index contributed by atoms with van der Waals surface area (Å²) in [5, 5.41) is 0. The lowest BCUT2D eigenvalue weighted by atomic mass is 9.61. The largest absolute Gasteiger partial charge is 0.0539 e. The summed E-state index contributed by atoms with van der Waals surface area (Å²) in [7, 11) is 0. The van der Waals surface area contributed by atoms with Crippen LogP contribution in [0.15, 0.2) is 36.4 Å². The van der Waals surface area contributed by atoms with Crippen LogP contribution in [-0.2, 0) is 19.3 Å². The first-order valence-corrected chi connectivity index (χ1v) is 8.82. The smallest absolute Gasteiger partial charge is 0.0349 e. The summed E-state index contributed by atoms with van der Waals surface area (Å²) in [6.07, 6.45) is 3.68. The second-order valence-electron chi connectivity index (χ2n) is 8.15. The van der Waals surface area contributed by atoms with Crippen LogP contribution in [0.5, 0.6) is 0 Å². The third-order valence-corrected chi connectivity index (χ3v) is 6.85. The first kappa shape index (κ1) is 10.4. The van der Waals surface area contributed by atoms with E-state index in [-0.39, 0.29) is 0 Å². The molecule has 0 aromatic heterocycles. The van der Waals surface area contributed by atoms with E-state index in [1.807, 2.05) is 0 Å². The fraction of sp³-hybridized carbons (Fsp3) is 0.217. The average Bonchev–Trinajstić information content (AvgIpc) is 3.42. The molecule has 6 aliphatic carbocycles. The molecule has 0 spiro atoms. The topological polar surface area (TPSA) is 0 Å². The molecule has 0 atom stereocenters. The fourth-order valence-electron chi connectivity index (χ4n) is 5.48. The van der Waals surface area contributed by atoms with Crippen molar-refractivity contribution in [1.82, 2.24) is 0 Å². The zero-order valence-electron chi connectivity index (χ0n) is 12.7. The molecule has 9 rings (SSSR count). The molecule has 0 aliphatic heterocycles. The summed E-state index contributed by atoms with van der Waals surface area (Å²) >= 11 is 0. The summed E-state index contributed by atoms with van der Waals surface area (Å²) < 4.78 is 0. The Hall–Kier alpha value is -2.34. The van der Waals surface area contributed by atoms with Gasteiger partial charge in [0.15, 0.2) is 0 Å². The van der Waals surface area contributed by atoms with E-state index in [2.05, 4.69) is 36.4 Å². The van der Waals surface area contributed by atoms with E-state index in [0.717, 1.165) is 0 Å². The molecule has 106 valence electrons. The van der Waals surface area contributed by atoms with Crippen molar-refractivity contribution in [3.8, 4) is 0 Å². The molecule has 0 radical (unpaired) electrons.